The molecule has 0 aromatic carbocycles. The molecule has 0 aromatic rings. The van der Waals surface area contributed by atoms with Gasteiger partial charge in [-0.05, 0) is 25.8 Å². The van der Waals surface area contributed by atoms with E-state index in [2.05, 4.69) is 29.1 Å². The number of nitrogens with two attached hydrogens (primary N) is 1. The van der Waals surface area contributed by atoms with Gasteiger partial charge in [-0.2, -0.15) is 11.8 Å². The third-order valence-electron chi connectivity index (χ3n) is 3.71. The fraction of sp³-hybridized carbons (Fsp3) is 1.00. The minimum Gasteiger partial charge on any atom is -0.300 e. The summed E-state index contributed by atoms with van der Waals surface area (Å²) in [5.74, 6) is 9.03. The zero-order valence-corrected chi connectivity index (χ0v) is 9.72. The van der Waals surface area contributed by atoms with E-state index in [1.165, 1.54) is 37.3 Å². The van der Waals surface area contributed by atoms with Crippen molar-refractivity contribution in [3.8, 4) is 0 Å². The van der Waals surface area contributed by atoms with Crippen LogP contribution in [0.5, 0.6) is 0 Å². The Hall–Kier alpha value is 0.230. The quantitative estimate of drug-likeness (QED) is 0.536. The number of likely N-dealkylation sites (N-methyl/N-ethyl adjacent to an activating group) is 1. The molecule has 2 unspecified atom stereocenters. The zero-order chi connectivity index (χ0) is 9.97. The van der Waals surface area contributed by atoms with Crippen LogP contribution in [0.1, 0.15) is 19.3 Å². The van der Waals surface area contributed by atoms with Crippen LogP contribution >= 0.6 is 11.8 Å². The lowest BCUT2D eigenvalue weighted by molar-refractivity contribution is 0.131. The van der Waals surface area contributed by atoms with Crippen molar-refractivity contribution in [2.24, 2.45) is 11.8 Å². The van der Waals surface area contributed by atoms with Crippen molar-refractivity contribution in [3.05, 3.63) is 0 Å². The molecule has 0 radical (unpaired) electrons. The third-order valence-corrected chi connectivity index (χ3v) is 4.76. The first-order valence-corrected chi connectivity index (χ1v) is 6.72. The summed E-state index contributed by atoms with van der Waals surface area (Å²) >= 11 is 2.07. The highest BCUT2D eigenvalue weighted by Crippen LogP contribution is 2.33. The molecule has 0 bridgehead atoms. The monoisotopic (exact) mass is 215 g/mol. The van der Waals surface area contributed by atoms with E-state index < -0.39 is 0 Å². The molecule has 4 heteroatoms. The summed E-state index contributed by atoms with van der Waals surface area (Å²) in [6, 6.07) is 1.16. The molecule has 1 heterocycles. The predicted octanol–water partition coefficient (Wildman–Crippen LogP) is 0.666. The smallest absolute Gasteiger partial charge is 0.0402 e. The van der Waals surface area contributed by atoms with E-state index in [4.69, 9.17) is 5.84 Å². The minimum atomic E-state index is 0.515. The van der Waals surface area contributed by atoms with Crippen LogP contribution in [0.4, 0.5) is 0 Å². The van der Waals surface area contributed by atoms with Crippen molar-refractivity contribution >= 4 is 11.8 Å². The van der Waals surface area contributed by atoms with Gasteiger partial charge in [0.2, 0.25) is 0 Å². The van der Waals surface area contributed by atoms with Gasteiger partial charge in [0.25, 0.3) is 0 Å². The van der Waals surface area contributed by atoms with Gasteiger partial charge in [-0.15, -0.1) is 0 Å². The molecule has 2 atom stereocenters. The van der Waals surface area contributed by atoms with Gasteiger partial charge in [-0.25, -0.2) is 0 Å². The Bertz CT molecular complexity index is 182. The molecule has 2 fully saturated rings. The summed E-state index contributed by atoms with van der Waals surface area (Å²) in [7, 11) is 2.23. The Morgan fingerprint density at radius 1 is 1.50 bits per heavy atom. The van der Waals surface area contributed by atoms with E-state index >= 15 is 0 Å². The van der Waals surface area contributed by atoms with Crippen LogP contribution in [-0.4, -0.2) is 42.1 Å². The Balaban J connectivity index is 1.94. The molecule has 1 saturated carbocycles. The van der Waals surface area contributed by atoms with E-state index in [1.54, 1.807) is 0 Å². The summed E-state index contributed by atoms with van der Waals surface area (Å²) in [5.41, 5.74) is 3.05. The number of rotatable bonds is 3. The average molecular weight is 215 g/mol. The van der Waals surface area contributed by atoms with Gasteiger partial charge in [0.1, 0.15) is 0 Å². The summed E-state index contributed by atoms with van der Waals surface area (Å²) in [5, 5.41) is 0. The Morgan fingerprint density at radius 2 is 2.29 bits per heavy atom. The van der Waals surface area contributed by atoms with Crippen LogP contribution in [0.3, 0.4) is 0 Å². The van der Waals surface area contributed by atoms with Crippen LogP contribution in [0.15, 0.2) is 0 Å². The average Bonchev–Trinajstić information content (AvgIpc) is 2.12. The van der Waals surface area contributed by atoms with Crippen molar-refractivity contribution in [3.63, 3.8) is 0 Å². The standard InChI is InChI=1S/C10H21N3S/c1-13-5-6-14-7-9(13)10(12-11)8-3-2-4-8/h8-10,12H,2-7,11H2,1H3. The highest BCUT2D eigenvalue weighted by molar-refractivity contribution is 7.99. The maximum absolute atomic E-state index is 5.69. The van der Waals surface area contributed by atoms with Crippen molar-refractivity contribution in [2.45, 2.75) is 31.3 Å². The van der Waals surface area contributed by atoms with Gasteiger partial charge in [0, 0.05) is 30.1 Å². The second-order valence-corrected chi connectivity index (χ2v) is 5.66. The fourth-order valence-electron chi connectivity index (χ4n) is 2.44. The number of hydrogen-bond donors (Lipinski definition) is 2. The number of hydrazine groups is 1. The molecular weight excluding hydrogens is 194 g/mol. The van der Waals surface area contributed by atoms with Gasteiger partial charge in [-0.3, -0.25) is 11.3 Å². The normalized spacial score (nSPS) is 32.6. The first-order chi connectivity index (χ1) is 6.83. The van der Waals surface area contributed by atoms with E-state index in [0.717, 1.165) is 5.92 Å². The molecule has 2 aliphatic rings. The van der Waals surface area contributed by atoms with Crippen LogP contribution in [0, 0.1) is 5.92 Å². The number of thioether (sulfide) groups is 1. The first kappa shape index (κ1) is 10.7. The second-order valence-electron chi connectivity index (χ2n) is 4.51. The molecule has 1 aliphatic carbocycles. The van der Waals surface area contributed by atoms with E-state index in [1.807, 2.05) is 0 Å². The van der Waals surface area contributed by atoms with E-state index in [-0.39, 0.29) is 0 Å². The highest BCUT2D eigenvalue weighted by atomic mass is 32.2. The first-order valence-electron chi connectivity index (χ1n) is 5.57. The highest BCUT2D eigenvalue weighted by Gasteiger charge is 2.35. The molecule has 1 saturated heterocycles. The Kier molecular flexibility index (Phi) is 3.71. The number of nitrogens with zero attached hydrogens (tertiary/aromatic N) is 1. The maximum atomic E-state index is 5.69. The van der Waals surface area contributed by atoms with Crippen molar-refractivity contribution < 1.29 is 0 Å². The van der Waals surface area contributed by atoms with Crippen LogP contribution in [0.2, 0.25) is 0 Å². The molecule has 3 nitrogen and oxygen atoms in total. The van der Waals surface area contributed by atoms with Gasteiger partial charge in [-0.1, -0.05) is 6.42 Å². The Labute approximate surface area is 90.8 Å². The molecule has 82 valence electrons. The molecule has 0 aromatic heterocycles. The fourth-order valence-corrected chi connectivity index (χ4v) is 3.73. The van der Waals surface area contributed by atoms with Gasteiger partial charge >= 0.3 is 0 Å². The number of hydrogen-bond acceptors (Lipinski definition) is 4. The van der Waals surface area contributed by atoms with Gasteiger partial charge in [0.05, 0.1) is 0 Å². The third kappa shape index (κ3) is 2.08. The zero-order valence-electron chi connectivity index (χ0n) is 8.91. The molecule has 1 aliphatic heterocycles. The van der Waals surface area contributed by atoms with Crippen molar-refractivity contribution in [2.75, 3.05) is 25.1 Å². The predicted molar refractivity (Wildman–Crippen MR) is 62.2 cm³/mol. The molecule has 3 N–H and O–H groups in total. The molecule has 14 heavy (non-hydrogen) atoms. The van der Waals surface area contributed by atoms with E-state index in [9.17, 15) is 0 Å². The molecule has 0 amide bonds. The van der Waals surface area contributed by atoms with Crippen LogP contribution in [0.25, 0.3) is 0 Å². The summed E-state index contributed by atoms with van der Waals surface area (Å²) < 4.78 is 0. The second kappa shape index (κ2) is 4.84. The SMILES string of the molecule is CN1CCSCC1C(NN)C1CCC1. The topological polar surface area (TPSA) is 41.3 Å². The summed E-state index contributed by atoms with van der Waals surface area (Å²) in [6.07, 6.45) is 4.13. The Morgan fingerprint density at radius 3 is 2.79 bits per heavy atom. The largest absolute Gasteiger partial charge is 0.300 e. The van der Waals surface area contributed by atoms with Crippen LogP contribution < -0.4 is 11.3 Å². The lowest BCUT2D eigenvalue weighted by atomic mass is 9.77. The van der Waals surface area contributed by atoms with Crippen molar-refractivity contribution in [1.29, 1.82) is 0 Å². The summed E-state index contributed by atoms with van der Waals surface area (Å²) in [6.45, 7) is 1.21. The lowest BCUT2D eigenvalue weighted by Crippen LogP contribution is -2.58. The maximum Gasteiger partial charge on any atom is 0.0402 e. The van der Waals surface area contributed by atoms with Gasteiger partial charge in [0.15, 0.2) is 0 Å². The summed E-state index contributed by atoms with van der Waals surface area (Å²) in [4.78, 5) is 2.47. The number of nitrogens with one attached hydrogen (secondary N) is 1. The van der Waals surface area contributed by atoms with Crippen LogP contribution in [-0.2, 0) is 0 Å². The molecule has 0 spiro atoms. The van der Waals surface area contributed by atoms with Gasteiger partial charge < -0.3 is 4.90 Å². The lowest BCUT2D eigenvalue weighted by Gasteiger charge is -2.43. The molecule has 2 rings (SSSR count). The van der Waals surface area contributed by atoms with Crippen molar-refractivity contribution in [1.82, 2.24) is 10.3 Å². The van der Waals surface area contributed by atoms with E-state index in [0.29, 0.717) is 12.1 Å². The minimum absolute atomic E-state index is 0.515. The molecular formula is C10H21N3S.